The van der Waals surface area contributed by atoms with Gasteiger partial charge in [-0.25, -0.2) is 0 Å². The van der Waals surface area contributed by atoms with Gasteiger partial charge in [0.1, 0.15) is 0 Å². The van der Waals surface area contributed by atoms with Crippen molar-refractivity contribution < 1.29 is 4.79 Å². The van der Waals surface area contributed by atoms with Crippen LogP contribution in [0.5, 0.6) is 0 Å². The van der Waals surface area contributed by atoms with E-state index in [0.717, 1.165) is 0 Å². The van der Waals surface area contributed by atoms with Crippen LogP contribution in [0.15, 0.2) is 0 Å². The van der Waals surface area contributed by atoms with Gasteiger partial charge in [0.15, 0.2) is 0 Å². The molecule has 2 nitrogen and oxygen atoms in total. The van der Waals surface area contributed by atoms with Crippen molar-refractivity contribution in [3.05, 3.63) is 0 Å². The summed E-state index contributed by atoms with van der Waals surface area (Å²) >= 11 is 0. The Kier molecular flexibility index (Phi) is 5.30. The molecule has 1 N–H and O–H groups in total. The summed E-state index contributed by atoms with van der Waals surface area (Å²) in [4.78, 5) is 11.9. The second-order valence-electron chi connectivity index (χ2n) is 5.86. The van der Waals surface area contributed by atoms with Gasteiger partial charge in [-0.3, -0.25) is 4.79 Å². The van der Waals surface area contributed by atoms with Gasteiger partial charge >= 0.3 is 0 Å². The summed E-state index contributed by atoms with van der Waals surface area (Å²) in [6.45, 7) is 8.78. The maximum absolute atomic E-state index is 11.9. The molecule has 1 saturated carbocycles. The Hall–Kier alpha value is -0.530. The lowest BCUT2D eigenvalue weighted by Crippen LogP contribution is -2.41. The molecule has 0 saturated heterocycles. The smallest absolute Gasteiger partial charge is 0.220 e. The minimum absolute atomic E-state index is 0.250. The van der Waals surface area contributed by atoms with Crippen molar-refractivity contribution in [1.82, 2.24) is 5.32 Å². The number of carbonyl (C=O) groups excluding carboxylic acids is 1. The van der Waals surface area contributed by atoms with Crippen molar-refractivity contribution in [1.29, 1.82) is 0 Å². The van der Waals surface area contributed by atoms with Crippen LogP contribution in [0.1, 0.15) is 59.8 Å². The minimum atomic E-state index is 0.250. The summed E-state index contributed by atoms with van der Waals surface area (Å²) in [5, 5.41) is 3.22. The average Bonchev–Trinajstić information content (AvgIpc) is 2.21. The molecule has 94 valence electrons. The molecule has 2 heteroatoms. The summed E-state index contributed by atoms with van der Waals surface area (Å²) in [7, 11) is 0. The Morgan fingerprint density at radius 3 is 2.44 bits per heavy atom. The molecule has 0 heterocycles. The van der Waals surface area contributed by atoms with E-state index in [-0.39, 0.29) is 5.91 Å². The topological polar surface area (TPSA) is 29.1 Å². The van der Waals surface area contributed by atoms with Crippen LogP contribution in [0, 0.1) is 17.8 Å². The molecule has 0 aromatic carbocycles. The van der Waals surface area contributed by atoms with Crippen LogP contribution >= 0.6 is 0 Å². The SMILES string of the molecule is CC(C)C(C)CC(=O)NC1CCCCC1C. The molecule has 0 spiro atoms. The molecule has 0 aromatic rings. The number of amides is 1. The molecular weight excluding hydrogens is 198 g/mol. The second kappa shape index (κ2) is 6.27. The van der Waals surface area contributed by atoms with Crippen LogP contribution < -0.4 is 5.32 Å². The lowest BCUT2D eigenvalue weighted by atomic mass is 9.85. The van der Waals surface area contributed by atoms with Crippen molar-refractivity contribution in [3.8, 4) is 0 Å². The highest BCUT2D eigenvalue weighted by Crippen LogP contribution is 2.24. The molecule has 1 aliphatic carbocycles. The maximum Gasteiger partial charge on any atom is 0.220 e. The first-order chi connectivity index (χ1) is 7.50. The Labute approximate surface area is 100 Å². The van der Waals surface area contributed by atoms with E-state index in [1.165, 1.54) is 25.7 Å². The van der Waals surface area contributed by atoms with Crippen LogP contribution in [0.2, 0.25) is 0 Å². The highest BCUT2D eigenvalue weighted by molar-refractivity contribution is 5.76. The highest BCUT2D eigenvalue weighted by Gasteiger charge is 2.23. The van der Waals surface area contributed by atoms with Crippen LogP contribution in [-0.4, -0.2) is 11.9 Å². The van der Waals surface area contributed by atoms with E-state index in [2.05, 4.69) is 33.0 Å². The predicted molar refractivity (Wildman–Crippen MR) is 68.2 cm³/mol. The van der Waals surface area contributed by atoms with Crippen molar-refractivity contribution in [2.24, 2.45) is 17.8 Å². The van der Waals surface area contributed by atoms with Gasteiger partial charge in [-0.1, -0.05) is 40.5 Å². The number of carbonyl (C=O) groups is 1. The first-order valence-electron chi connectivity index (χ1n) is 6.80. The Balaban J connectivity index is 2.32. The normalized spacial score (nSPS) is 27.8. The summed E-state index contributed by atoms with van der Waals surface area (Å²) in [5.41, 5.74) is 0. The molecule has 1 fully saturated rings. The number of rotatable bonds is 4. The lowest BCUT2D eigenvalue weighted by Gasteiger charge is -2.30. The highest BCUT2D eigenvalue weighted by atomic mass is 16.1. The second-order valence-corrected chi connectivity index (χ2v) is 5.86. The molecule has 0 aromatic heterocycles. The van der Waals surface area contributed by atoms with Gasteiger partial charge in [0, 0.05) is 12.5 Å². The minimum Gasteiger partial charge on any atom is -0.353 e. The Morgan fingerprint density at radius 2 is 1.88 bits per heavy atom. The zero-order chi connectivity index (χ0) is 12.1. The van der Waals surface area contributed by atoms with Gasteiger partial charge in [-0.05, 0) is 30.6 Å². The Bertz CT molecular complexity index is 225. The van der Waals surface area contributed by atoms with E-state index in [4.69, 9.17) is 0 Å². The van der Waals surface area contributed by atoms with Crippen LogP contribution in [0.3, 0.4) is 0 Å². The van der Waals surface area contributed by atoms with Gasteiger partial charge in [-0.2, -0.15) is 0 Å². The predicted octanol–water partition coefficient (Wildman–Crippen LogP) is 3.36. The fourth-order valence-electron chi connectivity index (χ4n) is 2.32. The summed E-state index contributed by atoms with van der Waals surface area (Å²) in [6.07, 6.45) is 5.72. The molecule has 1 amide bonds. The van der Waals surface area contributed by atoms with E-state index >= 15 is 0 Å². The van der Waals surface area contributed by atoms with Crippen molar-refractivity contribution >= 4 is 5.91 Å². The summed E-state index contributed by atoms with van der Waals surface area (Å²) < 4.78 is 0. The van der Waals surface area contributed by atoms with E-state index in [1.807, 2.05) is 0 Å². The largest absolute Gasteiger partial charge is 0.353 e. The quantitative estimate of drug-likeness (QED) is 0.781. The molecule has 1 rings (SSSR count). The molecule has 16 heavy (non-hydrogen) atoms. The number of hydrogen-bond acceptors (Lipinski definition) is 1. The molecule has 0 bridgehead atoms. The van der Waals surface area contributed by atoms with E-state index in [0.29, 0.717) is 30.2 Å². The van der Waals surface area contributed by atoms with E-state index in [1.54, 1.807) is 0 Å². The summed E-state index contributed by atoms with van der Waals surface area (Å²) in [5.74, 6) is 1.99. The van der Waals surface area contributed by atoms with Crippen LogP contribution in [0.4, 0.5) is 0 Å². The first-order valence-corrected chi connectivity index (χ1v) is 6.80. The van der Waals surface area contributed by atoms with Gasteiger partial charge < -0.3 is 5.32 Å². The third kappa shape index (κ3) is 4.15. The zero-order valence-corrected chi connectivity index (χ0v) is 11.3. The summed E-state index contributed by atoms with van der Waals surface area (Å²) in [6, 6.07) is 0.431. The van der Waals surface area contributed by atoms with Crippen LogP contribution in [-0.2, 0) is 4.79 Å². The molecular formula is C14H27NO. The molecule has 1 aliphatic rings. The van der Waals surface area contributed by atoms with Gasteiger partial charge in [-0.15, -0.1) is 0 Å². The molecule has 0 aliphatic heterocycles. The van der Waals surface area contributed by atoms with E-state index in [9.17, 15) is 4.79 Å². The zero-order valence-electron chi connectivity index (χ0n) is 11.3. The van der Waals surface area contributed by atoms with Crippen molar-refractivity contribution in [3.63, 3.8) is 0 Å². The van der Waals surface area contributed by atoms with E-state index < -0.39 is 0 Å². The average molecular weight is 225 g/mol. The Morgan fingerprint density at radius 1 is 1.25 bits per heavy atom. The van der Waals surface area contributed by atoms with Crippen molar-refractivity contribution in [2.45, 2.75) is 65.8 Å². The number of nitrogens with one attached hydrogen (secondary N) is 1. The third-order valence-electron chi connectivity index (χ3n) is 4.10. The van der Waals surface area contributed by atoms with Gasteiger partial charge in [0.25, 0.3) is 0 Å². The van der Waals surface area contributed by atoms with Gasteiger partial charge in [0.2, 0.25) is 5.91 Å². The van der Waals surface area contributed by atoms with Crippen molar-refractivity contribution in [2.75, 3.05) is 0 Å². The fourth-order valence-corrected chi connectivity index (χ4v) is 2.32. The monoisotopic (exact) mass is 225 g/mol. The third-order valence-corrected chi connectivity index (χ3v) is 4.10. The number of hydrogen-bond donors (Lipinski definition) is 1. The van der Waals surface area contributed by atoms with Crippen LogP contribution in [0.25, 0.3) is 0 Å². The fraction of sp³-hybridized carbons (Fsp3) is 0.929. The van der Waals surface area contributed by atoms with Gasteiger partial charge in [0.05, 0.1) is 0 Å². The molecule has 3 unspecified atom stereocenters. The standard InChI is InChI=1S/C14H27NO/c1-10(2)12(4)9-14(16)15-13-8-6-5-7-11(13)3/h10-13H,5-9H2,1-4H3,(H,15,16). The lowest BCUT2D eigenvalue weighted by molar-refractivity contribution is -0.123. The first kappa shape index (κ1) is 13.5. The molecule has 0 radical (unpaired) electrons. The molecule has 3 atom stereocenters. The maximum atomic E-state index is 11.9.